The number of benzene rings is 1. The molecule has 2 bridgehead atoms. The van der Waals surface area contributed by atoms with Crippen molar-refractivity contribution in [2.45, 2.75) is 50.2 Å². The summed E-state index contributed by atoms with van der Waals surface area (Å²) in [6.07, 6.45) is 4.92. The highest BCUT2D eigenvalue weighted by Gasteiger charge is 2.39. The Bertz CT molecular complexity index is 814. The Balaban J connectivity index is 1.53. The number of hydrogen-bond acceptors (Lipinski definition) is 3. The van der Waals surface area contributed by atoms with E-state index in [0.717, 1.165) is 36.6 Å². The monoisotopic (exact) mass is 340 g/mol. The first-order valence-electron chi connectivity index (χ1n) is 8.89. The summed E-state index contributed by atoms with van der Waals surface area (Å²) in [5, 5.41) is 16.3. The molecule has 3 heterocycles. The van der Waals surface area contributed by atoms with Gasteiger partial charge >= 0.3 is 0 Å². The normalized spacial score (nSPS) is 25.8. The number of aromatic nitrogens is 2. The Morgan fingerprint density at radius 1 is 1.28 bits per heavy atom. The number of nitrogens with one attached hydrogen (secondary N) is 2. The van der Waals surface area contributed by atoms with Crippen molar-refractivity contribution < 1.29 is 4.79 Å². The summed E-state index contributed by atoms with van der Waals surface area (Å²) in [5.41, 5.74) is 7.21. The van der Waals surface area contributed by atoms with Gasteiger partial charge in [-0.2, -0.15) is 5.10 Å². The Morgan fingerprint density at radius 3 is 2.64 bits per heavy atom. The molecule has 1 amide bonds. The van der Waals surface area contributed by atoms with E-state index < -0.39 is 0 Å². The van der Waals surface area contributed by atoms with E-state index in [0.29, 0.717) is 5.69 Å². The minimum absolute atomic E-state index is 0.110. The fraction of sp³-hybridized carbons (Fsp3) is 0.500. The molecule has 0 spiro atoms. The zero-order valence-electron chi connectivity index (χ0n) is 14.4. The van der Waals surface area contributed by atoms with Gasteiger partial charge in [0.25, 0.3) is 5.91 Å². The zero-order valence-corrected chi connectivity index (χ0v) is 14.4. The number of fused-ring (bicyclic) bond motifs is 3. The van der Waals surface area contributed by atoms with Gasteiger partial charge in [0.15, 0.2) is 11.7 Å². The fourth-order valence-electron chi connectivity index (χ4n) is 4.53. The van der Waals surface area contributed by atoms with Crippen molar-refractivity contribution in [3.8, 4) is 0 Å². The van der Waals surface area contributed by atoms with E-state index >= 15 is 0 Å². The standard InChI is InChI=1S/C18H24N6O/c1-23-15-8-3-2-7-14(15)16(22-23)17(25)21-11-9-12-5-4-6-13(10-11)24(12)18(19)20/h2-3,7-8,11-13H,4-6,9-10H2,1H3,(H3,19,20)(H,21,25). The number of carbonyl (C=O) groups excluding carboxylic acids is 1. The van der Waals surface area contributed by atoms with Gasteiger partial charge in [0.2, 0.25) is 0 Å². The summed E-state index contributed by atoms with van der Waals surface area (Å²) < 4.78 is 1.75. The topological polar surface area (TPSA) is 100 Å². The van der Waals surface area contributed by atoms with Crippen LogP contribution in [0.15, 0.2) is 24.3 Å². The molecule has 4 rings (SSSR count). The van der Waals surface area contributed by atoms with Gasteiger partial charge in [-0.25, -0.2) is 0 Å². The van der Waals surface area contributed by atoms with E-state index in [9.17, 15) is 4.79 Å². The molecule has 2 fully saturated rings. The molecule has 2 aromatic rings. The summed E-state index contributed by atoms with van der Waals surface area (Å²) in [6, 6.07) is 8.41. The Morgan fingerprint density at radius 2 is 1.96 bits per heavy atom. The fourth-order valence-corrected chi connectivity index (χ4v) is 4.53. The number of rotatable bonds is 2. The highest BCUT2D eigenvalue weighted by atomic mass is 16.2. The van der Waals surface area contributed by atoms with Crippen molar-refractivity contribution in [2.75, 3.05) is 0 Å². The predicted octanol–water partition coefficient (Wildman–Crippen LogP) is 1.58. The first kappa shape index (κ1) is 15.9. The molecule has 2 atom stereocenters. The minimum Gasteiger partial charge on any atom is -0.370 e. The highest BCUT2D eigenvalue weighted by molar-refractivity contribution is 6.04. The first-order valence-corrected chi connectivity index (χ1v) is 8.89. The molecular formula is C18H24N6O. The van der Waals surface area contributed by atoms with Gasteiger partial charge in [-0.15, -0.1) is 0 Å². The minimum atomic E-state index is -0.115. The van der Waals surface area contributed by atoms with Crippen LogP contribution in [0.4, 0.5) is 0 Å². The molecule has 1 aromatic heterocycles. The number of para-hydroxylation sites is 1. The van der Waals surface area contributed by atoms with Crippen LogP contribution in [-0.4, -0.2) is 44.7 Å². The lowest BCUT2D eigenvalue weighted by atomic mass is 9.82. The molecule has 2 aliphatic rings. The second-order valence-corrected chi connectivity index (χ2v) is 7.16. The molecule has 25 heavy (non-hydrogen) atoms. The maximum absolute atomic E-state index is 12.8. The Labute approximate surface area is 146 Å². The second-order valence-electron chi connectivity index (χ2n) is 7.16. The number of aryl methyl sites for hydroxylation is 1. The Hall–Kier alpha value is -2.57. The smallest absolute Gasteiger partial charge is 0.272 e. The van der Waals surface area contributed by atoms with Gasteiger partial charge in [-0.1, -0.05) is 18.2 Å². The largest absolute Gasteiger partial charge is 0.370 e. The number of carbonyl (C=O) groups is 1. The molecule has 0 saturated carbocycles. The molecule has 7 heteroatoms. The molecule has 1 aromatic carbocycles. The van der Waals surface area contributed by atoms with Crippen LogP contribution in [0.3, 0.4) is 0 Å². The third kappa shape index (κ3) is 2.73. The number of hydrogen-bond donors (Lipinski definition) is 3. The van der Waals surface area contributed by atoms with Crippen LogP contribution in [0.2, 0.25) is 0 Å². The van der Waals surface area contributed by atoms with Gasteiger partial charge in [0.1, 0.15) is 0 Å². The van der Waals surface area contributed by atoms with Crippen LogP contribution in [-0.2, 0) is 7.05 Å². The van der Waals surface area contributed by atoms with Crippen LogP contribution in [0.25, 0.3) is 10.9 Å². The van der Waals surface area contributed by atoms with Crippen molar-refractivity contribution in [1.29, 1.82) is 5.41 Å². The van der Waals surface area contributed by atoms with E-state index in [4.69, 9.17) is 11.1 Å². The molecule has 2 aliphatic heterocycles. The van der Waals surface area contributed by atoms with Crippen molar-refractivity contribution in [3.63, 3.8) is 0 Å². The van der Waals surface area contributed by atoms with E-state index in [1.165, 1.54) is 6.42 Å². The first-order chi connectivity index (χ1) is 12.0. The van der Waals surface area contributed by atoms with Crippen molar-refractivity contribution in [3.05, 3.63) is 30.0 Å². The lowest BCUT2D eigenvalue weighted by Gasteiger charge is -2.49. The molecule has 4 N–H and O–H groups in total. The van der Waals surface area contributed by atoms with Crippen LogP contribution in [0.5, 0.6) is 0 Å². The SMILES string of the molecule is Cn1nc(C(=O)NC2CC3CCCC(C2)N3C(=N)N)c2ccccc21. The number of amides is 1. The van der Waals surface area contributed by atoms with Crippen LogP contribution < -0.4 is 11.1 Å². The predicted molar refractivity (Wildman–Crippen MR) is 96.4 cm³/mol. The van der Waals surface area contributed by atoms with Crippen molar-refractivity contribution in [1.82, 2.24) is 20.0 Å². The van der Waals surface area contributed by atoms with Gasteiger partial charge in [0, 0.05) is 30.6 Å². The van der Waals surface area contributed by atoms with Crippen molar-refractivity contribution in [2.24, 2.45) is 12.8 Å². The summed E-state index contributed by atoms with van der Waals surface area (Å²) in [6.45, 7) is 0. The lowest BCUT2D eigenvalue weighted by molar-refractivity contribution is 0.0732. The lowest BCUT2D eigenvalue weighted by Crippen LogP contribution is -2.60. The number of guanidine groups is 1. The number of nitrogens with zero attached hydrogens (tertiary/aromatic N) is 3. The third-order valence-electron chi connectivity index (χ3n) is 5.56. The average Bonchev–Trinajstić information content (AvgIpc) is 2.91. The second kappa shape index (κ2) is 6.06. The number of nitrogens with two attached hydrogens (primary N) is 1. The van der Waals surface area contributed by atoms with Crippen LogP contribution >= 0.6 is 0 Å². The quantitative estimate of drug-likeness (QED) is 0.571. The number of piperidine rings is 2. The van der Waals surface area contributed by atoms with E-state index in [1.807, 2.05) is 36.2 Å². The molecule has 2 unspecified atom stereocenters. The van der Waals surface area contributed by atoms with Gasteiger partial charge in [-0.05, 0) is 38.2 Å². The molecular weight excluding hydrogens is 316 g/mol. The van der Waals surface area contributed by atoms with Crippen LogP contribution in [0, 0.1) is 5.41 Å². The van der Waals surface area contributed by atoms with E-state index in [2.05, 4.69) is 10.4 Å². The Kier molecular flexibility index (Phi) is 3.86. The molecule has 132 valence electrons. The average molecular weight is 340 g/mol. The summed E-state index contributed by atoms with van der Waals surface area (Å²) in [4.78, 5) is 14.9. The third-order valence-corrected chi connectivity index (χ3v) is 5.56. The maximum atomic E-state index is 12.8. The zero-order chi connectivity index (χ0) is 17.6. The van der Waals surface area contributed by atoms with E-state index in [1.54, 1.807) is 4.68 Å². The van der Waals surface area contributed by atoms with Gasteiger partial charge in [0.05, 0.1) is 5.52 Å². The van der Waals surface area contributed by atoms with Crippen LogP contribution in [0.1, 0.15) is 42.6 Å². The molecule has 2 saturated heterocycles. The maximum Gasteiger partial charge on any atom is 0.272 e. The highest BCUT2D eigenvalue weighted by Crippen LogP contribution is 2.33. The van der Waals surface area contributed by atoms with E-state index in [-0.39, 0.29) is 30.0 Å². The summed E-state index contributed by atoms with van der Waals surface area (Å²) in [7, 11) is 1.86. The molecule has 0 aliphatic carbocycles. The van der Waals surface area contributed by atoms with Crippen molar-refractivity contribution >= 4 is 22.8 Å². The summed E-state index contributed by atoms with van der Waals surface area (Å²) in [5.74, 6) is 0.0475. The van der Waals surface area contributed by atoms with Gasteiger partial charge < -0.3 is 16.0 Å². The molecule has 7 nitrogen and oxygen atoms in total. The molecule has 0 radical (unpaired) electrons. The summed E-state index contributed by atoms with van der Waals surface area (Å²) >= 11 is 0. The van der Waals surface area contributed by atoms with Gasteiger partial charge in [-0.3, -0.25) is 14.9 Å².